The summed E-state index contributed by atoms with van der Waals surface area (Å²) < 4.78 is 5.08. The number of hydrogen-bond acceptors (Lipinski definition) is 5. The number of rotatable bonds is 7. The number of carbonyl (C=O) groups excluding carboxylic acids is 2. The predicted octanol–water partition coefficient (Wildman–Crippen LogP) is 2.29. The highest BCUT2D eigenvalue weighted by molar-refractivity contribution is 6.32. The molecule has 0 saturated carbocycles. The zero-order valence-electron chi connectivity index (χ0n) is 14.9. The van der Waals surface area contributed by atoms with Crippen LogP contribution in [0.2, 0.25) is 5.02 Å². The van der Waals surface area contributed by atoms with Gasteiger partial charge in [-0.15, -0.1) is 0 Å². The Kier molecular flexibility index (Phi) is 6.94. The molecule has 0 saturated heterocycles. The molecular formula is C18H21ClN4O3. The van der Waals surface area contributed by atoms with E-state index in [-0.39, 0.29) is 17.5 Å². The molecule has 0 radical (unpaired) electrons. The number of ether oxygens (including phenoxy) is 1. The summed E-state index contributed by atoms with van der Waals surface area (Å²) in [6.45, 7) is 1.21. The highest BCUT2D eigenvalue weighted by atomic mass is 35.5. The number of benzene rings is 1. The van der Waals surface area contributed by atoms with Gasteiger partial charge < -0.3 is 20.3 Å². The molecule has 0 fully saturated rings. The molecule has 0 atom stereocenters. The van der Waals surface area contributed by atoms with Gasteiger partial charge in [0.05, 0.1) is 12.1 Å². The molecule has 0 aliphatic heterocycles. The minimum atomic E-state index is -0.365. The highest BCUT2D eigenvalue weighted by Gasteiger charge is 2.12. The number of carbonyl (C=O) groups is 2. The molecule has 8 heteroatoms. The number of aromatic nitrogens is 1. The molecule has 2 amide bonds. The van der Waals surface area contributed by atoms with E-state index in [4.69, 9.17) is 16.3 Å². The first-order valence-corrected chi connectivity index (χ1v) is 8.32. The van der Waals surface area contributed by atoms with Gasteiger partial charge in [-0.25, -0.2) is 0 Å². The average Bonchev–Trinajstić information content (AvgIpc) is 2.61. The number of pyridine rings is 1. The summed E-state index contributed by atoms with van der Waals surface area (Å²) in [7, 11) is 5.35. The lowest BCUT2D eigenvalue weighted by Crippen LogP contribution is -2.32. The molecule has 2 rings (SSSR count). The van der Waals surface area contributed by atoms with Crippen LogP contribution in [0.25, 0.3) is 0 Å². The van der Waals surface area contributed by atoms with E-state index in [1.807, 2.05) is 19.0 Å². The van der Waals surface area contributed by atoms with Crippen LogP contribution in [0.1, 0.15) is 20.8 Å². The minimum absolute atomic E-state index is 0.184. The van der Waals surface area contributed by atoms with Crippen molar-refractivity contribution >= 4 is 29.1 Å². The van der Waals surface area contributed by atoms with Crippen molar-refractivity contribution in [2.24, 2.45) is 0 Å². The molecule has 1 heterocycles. The Hall–Kier alpha value is -2.64. The first-order valence-electron chi connectivity index (χ1n) is 7.94. The first kappa shape index (κ1) is 19.7. The molecule has 2 aromatic rings. The molecule has 2 N–H and O–H groups in total. The van der Waals surface area contributed by atoms with Crippen LogP contribution in [0.15, 0.2) is 36.5 Å². The molecular weight excluding hydrogens is 356 g/mol. The van der Waals surface area contributed by atoms with Gasteiger partial charge in [0.15, 0.2) is 0 Å². The fraction of sp³-hybridized carbons (Fsp3) is 0.278. The summed E-state index contributed by atoms with van der Waals surface area (Å²) in [5.41, 5.74) is 1.03. The zero-order valence-corrected chi connectivity index (χ0v) is 15.6. The van der Waals surface area contributed by atoms with Crippen LogP contribution >= 0.6 is 11.6 Å². The van der Waals surface area contributed by atoms with E-state index in [0.29, 0.717) is 35.1 Å². The van der Waals surface area contributed by atoms with E-state index in [9.17, 15) is 9.59 Å². The SMILES string of the molecule is COc1ccc(NC(=O)c2ccnc(C(=O)NCCN(C)C)c2)cc1Cl. The lowest BCUT2D eigenvalue weighted by Gasteiger charge is -2.11. The first-order chi connectivity index (χ1) is 12.4. The third kappa shape index (κ3) is 5.44. The molecule has 1 aromatic heterocycles. The van der Waals surface area contributed by atoms with Gasteiger partial charge >= 0.3 is 0 Å². The van der Waals surface area contributed by atoms with Crippen LogP contribution < -0.4 is 15.4 Å². The average molecular weight is 377 g/mol. The van der Waals surface area contributed by atoms with E-state index in [1.165, 1.54) is 25.4 Å². The number of nitrogens with one attached hydrogen (secondary N) is 2. The summed E-state index contributed by atoms with van der Waals surface area (Å²) in [5, 5.41) is 5.88. The molecule has 0 spiro atoms. The van der Waals surface area contributed by atoms with Gasteiger partial charge in [0.2, 0.25) is 0 Å². The maximum atomic E-state index is 12.4. The molecule has 138 valence electrons. The smallest absolute Gasteiger partial charge is 0.269 e. The van der Waals surface area contributed by atoms with Crippen LogP contribution in [-0.4, -0.2) is 56.0 Å². The van der Waals surface area contributed by atoms with Crippen LogP contribution in [-0.2, 0) is 0 Å². The highest BCUT2D eigenvalue weighted by Crippen LogP contribution is 2.27. The number of anilines is 1. The second-order valence-corrected chi connectivity index (χ2v) is 6.20. The van der Waals surface area contributed by atoms with Gasteiger partial charge in [-0.1, -0.05) is 11.6 Å². The molecule has 0 unspecified atom stereocenters. The Balaban J connectivity index is 2.05. The van der Waals surface area contributed by atoms with Crippen molar-refractivity contribution in [1.29, 1.82) is 0 Å². The van der Waals surface area contributed by atoms with Crippen molar-refractivity contribution in [2.45, 2.75) is 0 Å². The predicted molar refractivity (Wildman–Crippen MR) is 101 cm³/mol. The quantitative estimate of drug-likeness (QED) is 0.774. The van der Waals surface area contributed by atoms with Gasteiger partial charge in [0.1, 0.15) is 11.4 Å². The van der Waals surface area contributed by atoms with Gasteiger partial charge in [0, 0.05) is 30.5 Å². The van der Waals surface area contributed by atoms with E-state index in [1.54, 1.807) is 18.2 Å². The molecule has 7 nitrogen and oxygen atoms in total. The summed E-state index contributed by atoms with van der Waals surface area (Å²) in [5.74, 6) is -0.171. The largest absolute Gasteiger partial charge is 0.495 e. The molecule has 0 aliphatic carbocycles. The zero-order chi connectivity index (χ0) is 19.1. The number of hydrogen-bond donors (Lipinski definition) is 2. The van der Waals surface area contributed by atoms with Crippen molar-refractivity contribution in [3.63, 3.8) is 0 Å². The Morgan fingerprint density at radius 3 is 2.62 bits per heavy atom. The topological polar surface area (TPSA) is 83.6 Å². The number of likely N-dealkylation sites (N-methyl/N-ethyl adjacent to an activating group) is 1. The van der Waals surface area contributed by atoms with Crippen LogP contribution in [0.4, 0.5) is 5.69 Å². The van der Waals surface area contributed by atoms with Gasteiger partial charge in [-0.2, -0.15) is 0 Å². The third-order valence-electron chi connectivity index (χ3n) is 3.51. The molecule has 0 aliphatic rings. The lowest BCUT2D eigenvalue weighted by atomic mass is 10.2. The molecule has 1 aromatic carbocycles. The fourth-order valence-electron chi connectivity index (χ4n) is 2.13. The Morgan fingerprint density at radius 2 is 1.96 bits per heavy atom. The lowest BCUT2D eigenvalue weighted by molar-refractivity contribution is 0.0946. The maximum absolute atomic E-state index is 12.4. The van der Waals surface area contributed by atoms with Crippen molar-refractivity contribution in [2.75, 3.05) is 39.6 Å². The Labute approximate surface area is 157 Å². The molecule has 0 bridgehead atoms. The standard InChI is InChI=1S/C18H21ClN4O3/c1-23(2)9-8-21-18(25)15-10-12(6-7-20-15)17(24)22-13-4-5-16(26-3)14(19)11-13/h4-7,10-11H,8-9H2,1-3H3,(H,21,25)(H,22,24). The van der Waals surface area contributed by atoms with Crippen LogP contribution in [0.5, 0.6) is 5.75 Å². The van der Waals surface area contributed by atoms with Crippen molar-refractivity contribution in [3.8, 4) is 5.75 Å². The van der Waals surface area contributed by atoms with Crippen LogP contribution in [0, 0.1) is 0 Å². The minimum Gasteiger partial charge on any atom is -0.495 e. The Bertz CT molecular complexity index is 796. The number of methoxy groups -OCH3 is 1. The Morgan fingerprint density at radius 1 is 1.19 bits per heavy atom. The van der Waals surface area contributed by atoms with Gasteiger partial charge in [-0.05, 0) is 44.4 Å². The van der Waals surface area contributed by atoms with Crippen molar-refractivity contribution in [1.82, 2.24) is 15.2 Å². The molecule has 26 heavy (non-hydrogen) atoms. The second kappa shape index (κ2) is 9.17. The van der Waals surface area contributed by atoms with Crippen LogP contribution in [0.3, 0.4) is 0 Å². The number of amides is 2. The monoisotopic (exact) mass is 376 g/mol. The normalized spacial score (nSPS) is 10.5. The van der Waals surface area contributed by atoms with Crippen molar-refractivity contribution in [3.05, 3.63) is 52.8 Å². The summed E-state index contributed by atoms with van der Waals surface area (Å²) in [4.78, 5) is 30.5. The summed E-state index contributed by atoms with van der Waals surface area (Å²) >= 11 is 6.05. The third-order valence-corrected chi connectivity index (χ3v) is 3.80. The van der Waals surface area contributed by atoms with E-state index in [2.05, 4.69) is 15.6 Å². The van der Waals surface area contributed by atoms with E-state index < -0.39 is 0 Å². The van der Waals surface area contributed by atoms with Gasteiger partial charge in [0.25, 0.3) is 11.8 Å². The van der Waals surface area contributed by atoms with Crippen molar-refractivity contribution < 1.29 is 14.3 Å². The number of nitrogens with zero attached hydrogens (tertiary/aromatic N) is 2. The number of halogens is 1. The fourth-order valence-corrected chi connectivity index (χ4v) is 2.38. The summed E-state index contributed by atoms with van der Waals surface area (Å²) in [6.07, 6.45) is 1.43. The van der Waals surface area contributed by atoms with Gasteiger partial charge in [-0.3, -0.25) is 14.6 Å². The van der Waals surface area contributed by atoms with E-state index in [0.717, 1.165) is 0 Å². The summed E-state index contributed by atoms with van der Waals surface area (Å²) in [6, 6.07) is 7.92. The van der Waals surface area contributed by atoms with E-state index >= 15 is 0 Å². The second-order valence-electron chi connectivity index (χ2n) is 5.79. The maximum Gasteiger partial charge on any atom is 0.269 e.